The summed E-state index contributed by atoms with van der Waals surface area (Å²) in [7, 11) is 1.00. The number of carbonyl (C=O) groups is 1. The predicted octanol–water partition coefficient (Wildman–Crippen LogP) is 3.42. The molecular formula is C16H19NO3. The minimum Gasteiger partial charge on any atom is -0.439 e. The van der Waals surface area contributed by atoms with Crippen LogP contribution in [0.4, 0.5) is 0 Å². The fraction of sp³-hybridized carbons (Fsp3) is 0.250. The molecule has 0 bridgehead atoms. The minimum atomic E-state index is 0.484. The smallest absolute Gasteiger partial charge is 0.219 e. The molecular weight excluding hydrogens is 254 g/mol. The van der Waals surface area contributed by atoms with Gasteiger partial charge in [0.1, 0.15) is 5.75 Å². The average Bonchev–Trinajstić information content (AvgIpc) is 2.50. The quantitative estimate of drug-likeness (QED) is 0.867. The molecule has 106 valence electrons. The predicted molar refractivity (Wildman–Crippen MR) is 78.4 cm³/mol. The van der Waals surface area contributed by atoms with Gasteiger partial charge in [-0.2, -0.15) is 0 Å². The van der Waals surface area contributed by atoms with Crippen molar-refractivity contribution in [3.05, 3.63) is 53.7 Å². The van der Waals surface area contributed by atoms with Crippen LogP contribution in [0.2, 0.25) is 0 Å². The van der Waals surface area contributed by atoms with Crippen molar-refractivity contribution in [2.75, 3.05) is 7.11 Å². The van der Waals surface area contributed by atoms with Crippen LogP contribution in [-0.2, 0) is 0 Å². The van der Waals surface area contributed by atoms with Gasteiger partial charge in [0, 0.05) is 24.9 Å². The number of carbonyl (C=O) groups excluding carboxylic acids is 1. The van der Waals surface area contributed by atoms with E-state index in [-0.39, 0.29) is 0 Å². The molecule has 4 nitrogen and oxygen atoms in total. The molecule has 20 heavy (non-hydrogen) atoms. The summed E-state index contributed by atoms with van der Waals surface area (Å²) in [5.74, 6) is 1.73. The molecule has 1 heterocycles. The van der Waals surface area contributed by atoms with Gasteiger partial charge in [-0.1, -0.05) is 26.0 Å². The zero-order valence-electron chi connectivity index (χ0n) is 11.9. The molecule has 0 atom stereocenters. The van der Waals surface area contributed by atoms with E-state index in [9.17, 15) is 4.79 Å². The lowest BCUT2D eigenvalue weighted by molar-refractivity contribution is 0.112. The molecule has 0 fully saturated rings. The van der Waals surface area contributed by atoms with E-state index in [1.807, 2.05) is 24.3 Å². The Labute approximate surface area is 119 Å². The van der Waals surface area contributed by atoms with Crippen LogP contribution in [0.3, 0.4) is 0 Å². The molecule has 0 spiro atoms. The maximum absolute atomic E-state index is 10.5. The molecule has 4 heteroatoms. The Hall–Kier alpha value is -2.20. The van der Waals surface area contributed by atoms with Crippen molar-refractivity contribution < 1.29 is 14.6 Å². The fourth-order valence-electron chi connectivity index (χ4n) is 1.56. The standard InChI is InChI=1S/C15H15NO2.CH4O/c1-11(2)13-4-6-14(7-5-13)18-15-8-3-12(10-17)9-16-15;1-2/h3-11H,1-2H3;2H,1H3. The lowest BCUT2D eigenvalue weighted by Crippen LogP contribution is -1.91. The average molecular weight is 273 g/mol. The Bertz CT molecular complexity index is 518. The number of hydrogen-bond acceptors (Lipinski definition) is 4. The highest BCUT2D eigenvalue weighted by Gasteiger charge is 2.01. The second-order valence-corrected chi connectivity index (χ2v) is 4.37. The SMILES string of the molecule is CC(C)c1ccc(Oc2ccc(C=O)cn2)cc1.CO. The third-order valence-electron chi connectivity index (χ3n) is 2.66. The van der Waals surface area contributed by atoms with Gasteiger partial charge in [0.2, 0.25) is 5.88 Å². The van der Waals surface area contributed by atoms with E-state index in [0.29, 0.717) is 17.4 Å². The van der Waals surface area contributed by atoms with Crippen LogP contribution >= 0.6 is 0 Å². The lowest BCUT2D eigenvalue weighted by Gasteiger charge is -2.07. The highest BCUT2D eigenvalue weighted by molar-refractivity contribution is 5.74. The normalized spacial score (nSPS) is 9.65. The number of ether oxygens (including phenoxy) is 1. The third kappa shape index (κ3) is 4.48. The molecule has 0 amide bonds. The number of pyridine rings is 1. The van der Waals surface area contributed by atoms with E-state index in [2.05, 4.69) is 18.8 Å². The number of aliphatic hydroxyl groups is 1. The number of hydrogen-bond donors (Lipinski definition) is 1. The van der Waals surface area contributed by atoms with E-state index in [0.717, 1.165) is 19.1 Å². The Morgan fingerprint density at radius 2 is 1.75 bits per heavy atom. The summed E-state index contributed by atoms with van der Waals surface area (Å²) in [6.45, 7) is 4.30. The van der Waals surface area contributed by atoms with Gasteiger partial charge >= 0.3 is 0 Å². The van der Waals surface area contributed by atoms with Gasteiger partial charge in [-0.15, -0.1) is 0 Å². The molecule has 0 saturated heterocycles. The Morgan fingerprint density at radius 1 is 1.10 bits per heavy atom. The molecule has 1 aromatic heterocycles. The highest BCUT2D eigenvalue weighted by atomic mass is 16.5. The molecule has 0 radical (unpaired) electrons. The lowest BCUT2D eigenvalue weighted by atomic mass is 10.0. The monoisotopic (exact) mass is 273 g/mol. The molecule has 0 aliphatic carbocycles. The summed E-state index contributed by atoms with van der Waals surface area (Å²) in [4.78, 5) is 14.5. The first-order valence-corrected chi connectivity index (χ1v) is 6.33. The zero-order valence-corrected chi connectivity index (χ0v) is 11.9. The van der Waals surface area contributed by atoms with Gasteiger partial charge in [0.25, 0.3) is 0 Å². The molecule has 0 aliphatic rings. The van der Waals surface area contributed by atoms with Crippen LogP contribution in [0.15, 0.2) is 42.6 Å². The van der Waals surface area contributed by atoms with Crippen molar-refractivity contribution >= 4 is 6.29 Å². The summed E-state index contributed by atoms with van der Waals surface area (Å²) in [5.41, 5.74) is 1.81. The topological polar surface area (TPSA) is 59.4 Å². The fourth-order valence-corrected chi connectivity index (χ4v) is 1.56. The summed E-state index contributed by atoms with van der Waals surface area (Å²) in [5, 5.41) is 7.00. The van der Waals surface area contributed by atoms with Crippen molar-refractivity contribution in [2.45, 2.75) is 19.8 Å². The van der Waals surface area contributed by atoms with E-state index >= 15 is 0 Å². The zero-order chi connectivity index (χ0) is 15.0. The second kappa shape index (κ2) is 8.07. The summed E-state index contributed by atoms with van der Waals surface area (Å²) < 4.78 is 5.59. The van der Waals surface area contributed by atoms with E-state index < -0.39 is 0 Å². The molecule has 1 N–H and O–H groups in total. The summed E-state index contributed by atoms with van der Waals surface area (Å²) in [6, 6.07) is 11.3. The van der Waals surface area contributed by atoms with E-state index in [4.69, 9.17) is 9.84 Å². The summed E-state index contributed by atoms with van der Waals surface area (Å²) in [6.07, 6.45) is 2.25. The largest absolute Gasteiger partial charge is 0.439 e. The number of aromatic nitrogens is 1. The molecule has 0 aliphatic heterocycles. The number of nitrogens with zero attached hydrogens (tertiary/aromatic N) is 1. The molecule has 2 aromatic rings. The van der Waals surface area contributed by atoms with Gasteiger partial charge in [-0.05, 0) is 29.7 Å². The van der Waals surface area contributed by atoms with Crippen LogP contribution in [0.5, 0.6) is 11.6 Å². The number of aliphatic hydroxyl groups excluding tert-OH is 1. The van der Waals surface area contributed by atoms with E-state index in [1.165, 1.54) is 11.8 Å². The first-order valence-electron chi connectivity index (χ1n) is 6.33. The second-order valence-electron chi connectivity index (χ2n) is 4.37. The molecule has 0 unspecified atom stereocenters. The van der Waals surface area contributed by atoms with E-state index in [1.54, 1.807) is 12.1 Å². The van der Waals surface area contributed by atoms with Gasteiger partial charge in [0.05, 0.1) is 0 Å². The maximum Gasteiger partial charge on any atom is 0.219 e. The third-order valence-corrected chi connectivity index (χ3v) is 2.66. The number of rotatable bonds is 4. The van der Waals surface area contributed by atoms with Crippen LogP contribution < -0.4 is 4.74 Å². The maximum atomic E-state index is 10.5. The van der Waals surface area contributed by atoms with Crippen LogP contribution in [0.25, 0.3) is 0 Å². The van der Waals surface area contributed by atoms with Crippen molar-refractivity contribution in [1.29, 1.82) is 0 Å². The Kier molecular flexibility index (Phi) is 6.40. The number of aldehydes is 1. The van der Waals surface area contributed by atoms with Gasteiger partial charge < -0.3 is 9.84 Å². The first-order chi connectivity index (χ1) is 9.69. The molecule has 2 rings (SSSR count). The van der Waals surface area contributed by atoms with Crippen molar-refractivity contribution in [3.8, 4) is 11.6 Å². The first kappa shape index (κ1) is 15.9. The Balaban J connectivity index is 0.000000956. The number of benzene rings is 1. The van der Waals surface area contributed by atoms with Crippen LogP contribution in [-0.4, -0.2) is 23.5 Å². The molecule has 0 saturated carbocycles. The highest BCUT2D eigenvalue weighted by Crippen LogP contribution is 2.22. The Morgan fingerprint density at radius 3 is 2.20 bits per heavy atom. The van der Waals surface area contributed by atoms with Gasteiger partial charge in [0.15, 0.2) is 6.29 Å². The summed E-state index contributed by atoms with van der Waals surface area (Å²) >= 11 is 0. The minimum absolute atomic E-state index is 0.484. The van der Waals surface area contributed by atoms with Crippen LogP contribution in [0, 0.1) is 0 Å². The molecule has 1 aromatic carbocycles. The van der Waals surface area contributed by atoms with Crippen LogP contribution in [0.1, 0.15) is 35.7 Å². The van der Waals surface area contributed by atoms with Crippen molar-refractivity contribution in [2.24, 2.45) is 0 Å². The van der Waals surface area contributed by atoms with Crippen molar-refractivity contribution in [1.82, 2.24) is 4.98 Å². The van der Waals surface area contributed by atoms with Gasteiger partial charge in [-0.3, -0.25) is 4.79 Å². The van der Waals surface area contributed by atoms with Gasteiger partial charge in [-0.25, -0.2) is 4.98 Å². The van der Waals surface area contributed by atoms with Crippen molar-refractivity contribution in [3.63, 3.8) is 0 Å².